The third-order valence-corrected chi connectivity index (χ3v) is 4.34. The summed E-state index contributed by atoms with van der Waals surface area (Å²) < 4.78 is 7.57. The van der Waals surface area contributed by atoms with Crippen molar-refractivity contribution in [2.45, 2.75) is 40.0 Å². The van der Waals surface area contributed by atoms with Crippen molar-refractivity contribution in [2.24, 2.45) is 0 Å². The van der Waals surface area contributed by atoms with Crippen LogP contribution < -0.4 is 4.74 Å². The van der Waals surface area contributed by atoms with E-state index < -0.39 is 0 Å². The summed E-state index contributed by atoms with van der Waals surface area (Å²) in [5.74, 6) is 0.911. The lowest BCUT2D eigenvalue weighted by Crippen LogP contribution is -2.01. The number of aryl methyl sites for hydroxylation is 3. The van der Waals surface area contributed by atoms with E-state index in [1.807, 2.05) is 6.07 Å². The van der Waals surface area contributed by atoms with Gasteiger partial charge in [0.25, 0.3) is 0 Å². The van der Waals surface area contributed by atoms with E-state index in [9.17, 15) is 0 Å². The molecule has 0 aliphatic rings. The Labute approximate surface area is 137 Å². The van der Waals surface area contributed by atoms with Gasteiger partial charge in [0.15, 0.2) is 0 Å². The number of ether oxygens (including phenoxy) is 1. The van der Waals surface area contributed by atoms with Gasteiger partial charge < -0.3 is 9.14 Å². The Kier molecular flexibility index (Phi) is 4.37. The summed E-state index contributed by atoms with van der Waals surface area (Å²) in [4.78, 5) is 4.84. The molecule has 0 N–H and O–H groups in total. The molecule has 0 atom stereocenters. The molecule has 0 saturated heterocycles. The van der Waals surface area contributed by atoms with Crippen LogP contribution in [0.1, 0.15) is 41.4 Å². The van der Waals surface area contributed by atoms with E-state index >= 15 is 0 Å². The monoisotopic (exact) mass is 308 g/mol. The van der Waals surface area contributed by atoms with E-state index in [4.69, 9.17) is 9.72 Å². The summed E-state index contributed by atoms with van der Waals surface area (Å²) in [6, 6.07) is 10.5. The van der Waals surface area contributed by atoms with Gasteiger partial charge in [-0.1, -0.05) is 25.5 Å². The van der Waals surface area contributed by atoms with Crippen molar-refractivity contribution >= 4 is 5.65 Å². The van der Waals surface area contributed by atoms with E-state index in [0.717, 1.165) is 30.7 Å². The van der Waals surface area contributed by atoms with Crippen LogP contribution in [0.2, 0.25) is 0 Å². The first-order chi connectivity index (χ1) is 11.1. The fourth-order valence-electron chi connectivity index (χ4n) is 3.05. The van der Waals surface area contributed by atoms with Crippen LogP contribution in [0, 0.1) is 13.8 Å². The van der Waals surface area contributed by atoms with Crippen LogP contribution in [-0.2, 0) is 12.8 Å². The zero-order chi connectivity index (χ0) is 16.4. The van der Waals surface area contributed by atoms with E-state index in [-0.39, 0.29) is 0 Å². The molecule has 3 heteroatoms. The van der Waals surface area contributed by atoms with E-state index in [1.54, 1.807) is 7.11 Å². The lowest BCUT2D eigenvalue weighted by atomic mass is 10.0. The van der Waals surface area contributed by atoms with Crippen LogP contribution in [0.15, 0.2) is 36.5 Å². The molecule has 0 bridgehead atoms. The van der Waals surface area contributed by atoms with Gasteiger partial charge in [0.05, 0.1) is 18.5 Å². The number of benzene rings is 1. The molecule has 120 valence electrons. The van der Waals surface area contributed by atoms with Crippen LogP contribution in [0.5, 0.6) is 5.75 Å². The standard InChI is InChI=1S/C20H24N2O/c1-5-6-18-19(22-13-14(2)7-10-20(22)21-18)12-16-8-9-17(23-4)11-15(16)3/h7-11,13H,5-6,12H2,1-4H3. The van der Waals surface area contributed by atoms with Gasteiger partial charge in [-0.05, 0) is 55.2 Å². The molecule has 0 saturated carbocycles. The maximum atomic E-state index is 5.32. The lowest BCUT2D eigenvalue weighted by molar-refractivity contribution is 0.414. The second-order valence-electron chi connectivity index (χ2n) is 6.16. The second-order valence-corrected chi connectivity index (χ2v) is 6.16. The van der Waals surface area contributed by atoms with Crippen molar-refractivity contribution in [3.63, 3.8) is 0 Å². The number of hydrogen-bond acceptors (Lipinski definition) is 2. The van der Waals surface area contributed by atoms with Gasteiger partial charge in [-0.15, -0.1) is 0 Å². The van der Waals surface area contributed by atoms with Crippen LogP contribution >= 0.6 is 0 Å². The number of imidazole rings is 1. The Morgan fingerprint density at radius 2 is 1.96 bits per heavy atom. The van der Waals surface area contributed by atoms with Crippen molar-refractivity contribution in [1.82, 2.24) is 9.38 Å². The predicted molar refractivity (Wildman–Crippen MR) is 94.5 cm³/mol. The van der Waals surface area contributed by atoms with Gasteiger partial charge in [0.1, 0.15) is 11.4 Å². The van der Waals surface area contributed by atoms with Gasteiger partial charge >= 0.3 is 0 Å². The second kappa shape index (κ2) is 6.45. The first-order valence-electron chi connectivity index (χ1n) is 8.22. The van der Waals surface area contributed by atoms with Gasteiger partial charge in [-0.2, -0.15) is 0 Å². The lowest BCUT2D eigenvalue weighted by Gasteiger charge is -2.10. The molecule has 0 amide bonds. The first-order valence-corrected chi connectivity index (χ1v) is 8.22. The van der Waals surface area contributed by atoms with Crippen LogP contribution in [-0.4, -0.2) is 16.5 Å². The fourth-order valence-corrected chi connectivity index (χ4v) is 3.05. The topological polar surface area (TPSA) is 26.5 Å². The molecule has 23 heavy (non-hydrogen) atoms. The normalized spacial score (nSPS) is 11.1. The summed E-state index contributed by atoms with van der Waals surface area (Å²) in [6.45, 7) is 6.48. The van der Waals surface area contributed by atoms with Crippen LogP contribution in [0.25, 0.3) is 5.65 Å². The molecule has 0 fully saturated rings. The minimum atomic E-state index is 0.899. The third-order valence-electron chi connectivity index (χ3n) is 4.34. The SMILES string of the molecule is CCCc1nc2ccc(C)cn2c1Cc1ccc(OC)cc1C. The van der Waals surface area contributed by atoms with Crippen LogP contribution in [0.3, 0.4) is 0 Å². The molecular weight excluding hydrogens is 284 g/mol. The van der Waals surface area contributed by atoms with Gasteiger partial charge in [-0.3, -0.25) is 0 Å². The molecule has 2 aromatic heterocycles. The van der Waals surface area contributed by atoms with Crippen LogP contribution in [0.4, 0.5) is 0 Å². The molecule has 0 aliphatic carbocycles. The average molecular weight is 308 g/mol. The predicted octanol–water partition coefficient (Wildman–Crippen LogP) is 4.50. The maximum absolute atomic E-state index is 5.32. The van der Waals surface area contributed by atoms with Crippen molar-refractivity contribution in [3.8, 4) is 5.75 Å². The summed E-state index contributed by atoms with van der Waals surface area (Å²) in [6.07, 6.45) is 5.22. The number of aromatic nitrogens is 2. The highest BCUT2D eigenvalue weighted by Gasteiger charge is 2.13. The molecule has 3 aromatic rings. The number of rotatable bonds is 5. The number of nitrogens with zero attached hydrogens (tertiary/aromatic N) is 2. The Morgan fingerprint density at radius 3 is 2.65 bits per heavy atom. The maximum Gasteiger partial charge on any atom is 0.137 e. The van der Waals surface area contributed by atoms with Gasteiger partial charge in [0.2, 0.25) is 0 Å². The minimum absolute atomic E-state index is 0.899. The number of fused-ring (bicyclic) bond motifs is 1. The van der Waals surface area contributed by atoms with Crippen molar-refractivity contribution in [1.29, 1.82) is 0 Å². The molecule has 1 aromatic carbocycles. The van der Waals surface area contributed by atoms with E-state index in [1.165, 1.54) is 28.1 Å². The number of pyridine rings is 1. The zero-order valence-electron chi connectivity index (χ0n) is 14.4. The highest BCUT2D eigenvalue weighted by Crippen LogP contribution is 2.23. The molecule has 3 rings (SSSR count). The van der Waals surface area contributed by atoms with Crippen molar-refractivity contribution in [3.05, 3.63) is 64.6 Å². The minimum Gasteiger partial charge on any atom is -0.497 e. The summed E-state index contributed by atoms with van der Waals surface area (Å²) in [5, 5.41) is 0. The third kappa shape index (κ3) is 3.09. The highest BCUT2D eigenvalue weighted by molar-refractivity contribution is 5.47. The molecular formula is C20H24N2O. The summed E-state index contributed by atoms with van der Waals surface area (Å²) >= 11 is 0. The average Bonchev–Trinajstić information content (AvgIpc) is 2.87. The Balaban J connectivity index is 2.07. The smallest absolute Gasteiger partial charge is 0.137 e. The summed E-state index contributed by atoms with van der Waals surface area (Å²) in [5.41, 5.74) is 7.40. The Bertz CT molecular complexity index is 833. The Hall–Kier alpha value is -2.29. The molecule has 3 nitrogen and oxygen atoms in total. The molecule has 0 unspecified atom stereocenters. The van der Waals surface area contributed by atoms with Crippen molar-refractivity contribution < 1.29 is 4.74 Å². The quantitative estimate of drug-likeness (QED) is 0.693. The van der Waals surface area contributed by atoms with Crippen molar-refractivity contribution in [2.75, 3.05) is 7.11 Å². The van der Waals surface area contributed by atoms with Gasteiger partial charge in [0, 0.05) is 12.6 Å². The number of methoxy groups -OCH3 is 1. The summed E-state index contributed by atoms with van der Waals surface area (Å²) in [7, 11) is 1.71. The van der Waals surface area contributed by atoms with E-state index in [0.29, 0.717) is 0 Å². The molecule has 0 aliphatic heterocycles. The highest BCUT2D eigenvalue weighted by atomic mass is 16.5. The molecule has 0 radical (unpaired) electrons. The number of hydrogen-bond donors (Lipinski definition) is 0. The van der Waals surface area contributed by atoms with E-state index in [2.05, 4.69) is 55.6 Å². The molecule has 2 heterocycles. The van der Waals surface area contributed by atoms with Gasteiger partial charge in [-0.25, -0.2) is 4.98 Å². The fraction of sp³-hybridized carbons (Fsp3) is 0.350. The zero-order valence-corrected chi connectivity index (χ0v) is 14.4. The Morgan fingerprint density at radius 1 is 1.13 bits per heavy atom. The first kappa shape index (κ1) is 15.6. The largest absolute Gasteiger partial charge is 0.497 e. The molecule has 0 spiro atoms.